The third kappa shape index (κ3) is 12.6. The molecule has 2 aromatic carbocycles. The Bertz CT molecular complexity index is 881. The van der Waals surface area contributed by atoms with Gasteiger partial charge in [0.25, 0.3) is 0 Å². The molecule has 0 aliphatic rings. The maximum atomic E-state index is 12.1. The number of rotatable bonds is 7. The first-order chi connectivity index (χ1) is 15.4. The summed E-state index contributed by atoms with van der Waals surface area (Å²) in [5, 5.41) is 22.7. The Morgan fingerprint density at radius 2 is 1.64 bits per heavy atom. The molecule has 0 spiro atoms. The fourth-order valence-electron chi connectivity index (χ4n) is 2.83. The van der Waals surface area contributed by atoms with Crippen molar-refractivity contribution in [3.05, 3.63) is 65.2 Å². The van der Waals surface area contributed by atoms with E-state index in [-0.39, 0.29) is 12.9 Å². The van der Waals surface area contributed by atoms with Gasteiger partial charge in [0.1, 0.15) is 11.4 Å². The standard InChI is InChI=1S/C16H25BN2O6.C8H10/c1-16(2,3)25-15(21)19-13(9-14(20)18-10-17(22)23)11-6-5-7-12(8-11)24-4;1-7-4-3-5-8(2)6-7/h5-8,13,22-23H,9-10H2,1-4H3,(H,18,20)(H,19,21);3-6H,1-2H3. The fraction of sp³-hybridized carbons (Fsp3) is 0.417. The highest BCUT2D eigenvalue weighted by molar-refractivity contribution is 6.41. The lowest BCUT2D eigenvalue weighted by atomic mass is 9.92. The van der Waals surface area contributed by atoms with Gasteiger partial charge in [-0.2, -0.15) is 0 Å². The minimum absolute atomic E-state index is 0.0981. The zero-order valence-corrected chi connectivity index (χ0v) is 20.2. The Hall–Kier alpha value is -3.04. The summed E-state index contributed by atoms with van der Waals surface area (Å²) in [5.74, 6) is 0.136. The summed E-state index contributed by atoms with van der Waals surface area (Å²) < 4.78 is 10.4. The van der Waals surface area contributed by atoms with Crippen molar-refractivity contribution < 1.29 is 29.1 Å². The smallest absolute Gasteiger partial charge is 0.472 e. The second kappa shape index (κ2) is 13.5. The van der Waals surface area contributed by atoms with E-state index in [2.05, 4.69) is 48.7 Å². The summed E-state index contributed by atoms with van der Waals surface area (Å²) >= 11 is 0. The maximum absolute atomic E-state index is 12.1. The van der Waals surface area contributed by atoms with Gasteiger partial charge in [0.15, 0.2) is 0 Å². The Kier molecular flexibility index (Phi) is 11.5. The van der Waals surface area contributed by atoms with Crippen LogP contribution in [-0.2, 0) is 9.53 Å². The van der Waals surface area contributed by atoms with E-state index in [1.54, 1.807) is 45.0 Å². The number of methoxy groups -OCH3 is 1. The summed E-state index contributed by atoms with van der Waals surface area (Å²) in [6.45, 7) is 9.42. The summed E-state index contributed by atoms with van der Waals surface area (Å²) in [6.07, 6.45) is -1.05. The lowest BCUT2D eigenvalue weighted by Gasteiger charge is -2.24. The number of alkyl carbamates (subject to hydrolysis) is 1. The van der Waals surface area contributed by atoms with Gasteiger partial charge in [0.2, 0.25) is 5.91 Å². The van der Waals surface area contributed by atoms with Gasteiger partial charge in [-0.05, 0) is 52.3 Å². The molecule has 2 rings (SSSR count). The molecule has 33 heavy (non-hydrogen) atoms. The predicted molar refractivity (Wildman–Crippen MR) is 129 cm³/mol. The van der Waals surface area contributed by atoms with Crippen LogP contribution in [0.1, 0.15) is 49.9 Å². The Morgan fingerprint density at radius 1 is 1.03 bits per heavy atom. The Balaban J connectivity index is 0.000000568. The van der Waals surface area contributed by atoms with Crippen molar-refractivity contribution >= 4 is 19.1 Å². The molecule has 0 aliphatic heterocycles. The largest absolute Gasteiger partial charge is 0.497 e. The number of benzene rings is 2. The van der Waals surface area contributed by atoms with Crippen LogP contribution in [0, 0.1) is 13.8 Å². The number of carbonyl (C=O) groups excluding carboxylic acids is 2. The first-order valence-corrected chi connectivity index (χ1v) is 10.7. The highest BCUT2D eigenvalue weighted by Gasteiger charge is 2.23. The average Bonchev–Trinajstić information content (AvgIpc) is 2.71. The maximum Gasteiger partial charge on any atom is 0.472 e. The van der Waals surface area contributed by atoms with Gasteiger partial charge in [-0.3, -0.25) is 4.79 Å². The zero-order valence-electron chi connectivity index (χ0n) is 20.2. The lowest BCUT2D eigenvalue weighted by molar-refractivity contribution is -0.121. The molecule has 9 heteroatoms. The van der Waals surface area contributed by atoms with Crippen molar-refractivity contribution in [1.82, 2.24) is 10.6 Å². The summed E-state index contributed by atoms with van der Waals surface area (Å²) in [7, 11) is -0.122. The normalized spacial score (nSPS) is 11.4. The molecule has 2 aromatic rings. The molecule has 2 amide bonds. The van der Waals surface area contributed by atoms with Crippen LogP contribution in [0.25, 0.3) is 0 Å². The molecule has 1 atom stereocenters. The average molecular weight is 458 g/mol. The van der Waals surface area contributed by atoms with Crippen molar-refractivity contribution in [3.63, 3.8) is 0 Å². The molecule has 8 nitrogen and oxygen atoms in total. The van der Waals surface area contributed by atoms with E-state index in [9.17, 15) is 9.59 Å². The fourth-order valence-corrected chi connectivity index (χ4v) is 2.83. The number of nitrogens with one attached hydrogen (secondary N) is 2. The van der Waals surface area contributed by atoms with E-state index in [4.69, 9.17) is 19.5 Å². The Labute approximate surface area is 196 Å². The van der Waals surface area contributed by atoms with E-state index >= 15 is 0 Å². The summed E-state index contributed by atoms with van der Waals surface area (Å²) in [5.41, 5.74) is 2.66. The van der Waals surface area contributed by atoms with E-state index in [1.165, 1.54) is 18.2 Å². The summed E-state index contributed by atoms with van der Waals surface area (Å²) in [4.78, 5) is 24.1. The van der Waals surface area contributed by atoms with Crippen LogP contribution in [0.15, 0.2) is 48.5 Å². The quantitative estimate of drug-likeness (QED) is 0.474. The molecule has 0 aromatic heterocycles. The molecule has 0 saturated carbocycles. The van der Waals surface area contributed by atoms with Gasteiger partial charge in [-0.1, -0.05) is 47.5 Å². The van der Waals surface area contributed by atoms with Crippen molar-refractivity contribution in [1.29, 1.82) is 0 Å². The molecule has 0 fully saturated rings. The van der Waals surface area contributed by atoms with Crippen molar-refractivity contribution in [2.45, 2.75) is 52.7 Å². The van der Waals surface area contributed by atoms with Crippen molar-refractivity contribution in [3.8, 4) is 5.75 Å². The number of carbonyl (C=O) groups is 2. The molecule has 1 unspecified atom stereocenters. The van der Waals surface area contributed by atoms with Crippen LogP contribution in [0.3, 0.4) is 0 Å². The number of hydrogen-bond acceptors (Lipinski definition) is 6. The van der Waals surface area contributed by atoms with Crippen LogP contribution >= 0.6 is 0 Å². The van der Waals surface area contributed by atoms with Crippen LogP contribution < -0.4 is 15.4 Å². The topological polar surface area (TPSA) is 117 Å². The van der Waals surface area contributed by atoms with Crippen molar-refractivity contribution in [2.24, 2.45) is 0 Å². The van der Waals surface area contributed by atoms with Gasteiger partial charge in [-0.25, -0.2) is 4.79 Å². The van der Waals surface area contributed by atoms with E-state index in [1.807, 2.05) is 0 Å². The first-order valence-electron chi connectivity index (χ1n) is 10.7. The highest BCUT2D eigenvalue weighted by atomic mass is 16.6. The molecule has 0 saturated heterocycles. The number of amides is 2. The molecule has 0 bridgehead atoms. The first kappa shape index (κ1) is 28.0. The molecule has 0 aliphatic carbocycles. The minimum atomic E-state index is -1.64. The van der Waals surface area contributed by atoms with Gasteiger partial charge in [0, 0.05) is 0 Å². The number of hydrogen-bond donors (Lipinski definition) is 4. The monoisotopic (exact) mass is 458 g/mol. The molecular weight excluding hydrogens is 423 g/mol. The van der Waals surface area contributed by atoms with Crippen LogP contribution in [0.2, 0.25) is 0 Å². The van der Waals surface area contributed by atoms with E-state index in [0.717, 1.165) is 0 Å². The predicted octanol–water partition coefficient (Wildman–Crippen LogP) is 3.08. The lowest BCUT2D eigenvalue weighted by Crippen LogP contribution is -2.39. The molecule has 4 N–H and O–H groups in total. The second-order valence-electron chi connectivity index (χ2n) is 8.62. The van der Waals surface area contributed by atoms with Crippen LogP contribution in [-0.4, -0.2) is 48.3 Å². The van der Waals surface area contributed by atoms with Gasteiger partial charge in [0.05, 0.1) is 26.0 Å². The third-order valence-electron chi connectivity index (χ3n) is 4.23. The van der Waals surface area contributed by atoms with Gasteiger partial charge >= 0.3 is 13.2 Å². The zero-order chi connectivity index (χ0) is 25.0. The van der Waals surface area contributed by atoms with Gasteiger partial charge < -0.3 is 30.2 Å². The molecule has 0 radical (unpaired) electrons. The van der Waals surface area contributed by atoms with Crippen LogP contribution in [0.4, 0.5) is 4.79 Å². The summed E-state index contributed by atoms with van der Waals surface area (Å²) in [6, 6.07) is 14.7. The van der Waals surface area contributed by atoms with E-state index in [0.29, 0.717) is 11.3 Å². The number of ether oxygens (including phenoxy) is 2. The molecule has 180 valence electrons. The molecule has 0 heterocycles. The highest BCUT2D eigenvalue weighted by Crippen LogP contribution is 2.22. The van der Waals surface area contributed by atoms with Crippen molar-refractivity contribution in [2.75, 3.05) is 13.6 Å². The SMILES string of the molecule is COc1cccc(C(CC(=O)NCB(O)O)NC(=O)OC(C)(C)C)c1.Cc1cccc(C)c1. The third-order valence-corrected chi connectivity index (χ3v) is 4.23. The van der Waals surface area contributed by atoms with E-state index < -0.39 is 30.8 Å². The molecular formula is C24H35BN2O6. The Morgan fingerprint density at radius 3 is 2.12 bits per heavy atom. The van der Waals surface area contributed by atoms with Gasteiger partial charge in [-0.15, -0.1) is 0 Å². The van der Waals surface area contributed by atoms with Crippen LogP contribution in [0.5, 0.6) is 5.75 Å². The second-order valence-corrected chi connectivity index (χ2v) is 8.62. The number of aryl methyl sites for hydroxylation is 2. The minimum Gasteiger partial charge on any atom is -0.497 e.